The van der Waals surface area contributed by atoms with E-state index >= 15 is 0 Å². The molecule has 1 amide bonds. The number of rotatable bonds is 7. The van der Waals surface area contributed by atoms with E-state index in [2.05, 4.69) is 18.6 Å². The second kappa shape index (κ2) is 10.9. The smallest absolute Gasteiger partial charge is 0.258 e. The van der Waals surface area contributed by atoms with Crippen LogP contribution in [0.15, 0.2) is 72.8 Å². The highest BCUT2D eigenvalue weighted by Crippen LogP contribution is 2.32. The summed E-state index contributed by atoms with van der Waals surface area (Å²) >= 11 is 6.17. The van der Waals surface area contributed by atoms with Crippen LogP contribution >= 0.6 is 11.6 Å². The van der Waals surface area contributed by atoms with Gasteiger partial charge in [-0.2, -0.15) is 0 Å². The molecule has 0 aliphatic heterocycles. The van der Waals surface area contributed by atoms with Gasteiger partial charge in [0.05, 0.1) is 0 Å². The van der Waals surface area contributed by atoms with Crippen molar-refractivity contribution in [1.82, 2.24) is 0 Å². The van der Waals surface area contributed by atoms with Crippen molar-refractivity contribution in [3.8, 4) is 5.75 Å². The summed E-state index contributed by atoms with van der Waals surface area (Å²) in [7, 11) is 0. The van der Waals surface area contributed by atoms with Gasteiger partial charge in [-0.3, -0.25) is 4.79 Å². The second-order valence-corrected chi connectivity index (χ2v) is 9.37. The highest BCUT2D eigenvalue weighted by Gasteiger charge is 2.21. The van der Waals surface area contributed by atoms with Crippen molar-refractivity contribution in [2.24, 2.45) is 0 Å². The van der Waals surface area contributed by atoms with E-state index in [1.54, 1.807) is 4.90 Å². The van der Waals surface area contributed by atoms with E-state index in [9.17, 15) is 4.79 Å². The van der Waals surface area contributed by atoms with Crippen molar-refractivity contribution in [3.63, 3.8) is 0 Å². The predicted molar refractivity (Wildman–Crippen MR) is 136 cm³/mol. The van der Waals surface area contributed by atoms with Gasteiger partial charge in [0.25, 0.3) is 5.91 Å². The van der Waals surface area contributed by atoms with Crippen molar-refractivity contribution in [3.05, 3.63) is 101 Å². The maximum absolute atomic E-state index is 13.4. The summed E-state index contributed by atoms with van der Waals surface area (Å²) in [4.78, 5) is 15.1. The molecule has 3 aromatic rings. The summed E-state index contributed by atoms with van der Waals surface area (Å²) in [5, 5.41) is 0.612. The van der Waals surface area contributed by atoms with Crippen LogP contribution in [0.5, 0.6) is 5.75 Å². The molecule has 4 rings (SSSR count). The van der Waals surface area contributed by atoms with Crippen LogP contribution in [0.1, 0.15) is 66.9 Å². The minimum absolute atomic E-state index is 0.00389. The molecule has 4 heteroatoms. The van der Waals surface area contributed by atoms with Crippen molar-refractivity contribution >= 4 is 23.2 Å². The van der Waals surface area contributed by atoms with E-state index in [1.807, 2.05) is 74.5 Å². The molecule has 1 atom stereocenters. The Balaban J connectivity index is 1.43. The lowest BCUT2D eigenvalue weighted by Gasteiger charge is -2.27. The standard InChI is InChI=1S/C29H31ClNO2/c1-21(2)31(27-13-7-12-26(30)19-27)29(32)25-11-6-8-22(18-25)20-33-28-16-14-24(15-17-28)23-9-4-3-5-10-23/h6-9,11-19,21,23H,3-5,10,20H2,1-2H3. The maximum atomic E-state index is 13.4. The molecule has 1 saturated carbocycles. The fourth-order valence-corrected chi connectivity index (χ4v) is 4.62. The molecule has 171 valence electrons. The third kappa shape index (κ3) is 5.97. The van der Waals surface area contributed by atoms with Gasteiger partial charge in [0.1, 0.15) is 12.4 Å². The van der Waals surface area contributed by atoms with Gasteiger partial charge in [0.2, 0.25) is 0 Å². The van der Waals surface area contributed by atoms with Gasteiger partial charge in [-0.15, -0.1) is 0 Å². The Kier molecular flexibility index (Phi) is 7.72. The lowest BCUT2D eigenvalue weighted by Crippen LogP contribution is -2.37. The number of hydrogen-bond acceptors (Lipinski definition) is 2. The van der Waals surface area contributed by atoms with Crippen LogP contribution in [0.4, 0.5) is 5.69 Å². The molecule has 0 heterocycles. The SMILES string of the molecule is CC(C)N(C(=O)c1cccc(COc2ccc(C3[CH]CCCC3)cc2)c1)c1cccc(Cl)c1. The summed E-state index contributed by atoms with van der Waals surface area (Å²) in [6.45, 7) is 4.41. The fraction of sp³-hybridized carbons (Fsp3) is 0.310. The lowest BCUT2D eigenvalue weighted by molar-refractivity contribution is 0.0980. The lowest BCUT2D eigenvalue weighted by atomic mass is 9.84. The first-order valence-electron chi connectivity index (χ1n) is 11.8. The molecule has 1 fully saturated rings. The van der Waals surface area contributed by atoms with Gasteiger partial charge >= 0.3 is 0 Å². The number of halogens is 1. The Bertz CT molecular complexity index is 1070. The van der Waals surface area contributed by atoms with Crippen molar-refractivity contribution in [1.29, 1.82) is 0 Å². The van der Waals surface area contributed by atoms with Crippen molar-refractivity contribution < 1.29 is 9.53 Å². The first-order chi connectivity index (χ1) is 16.0. The molecule has 0 aromatic heterocycles. The van der Waals surface area contributed by atoms with Crippen LogP contribution in [-0.4, -0.2) is 11.9 Å². The maximum Gasteiger partial charge on any atom is 0.258 e. The van der Waals surface area contributed by atoms with E-state index in [0.717, 1.165) is 17.0 Å². The molecule has 3 nitrogen and oxygen atoms in total. The Morgan fingerprint density at radius 1 is 1.03 bits per heavy atom. The van der Waals surface area contributed by atoms with E-state index in [4.69, 9.17) is 16.3 Å². The van der Waals surface area contributed by atoms with Crippen LogP contribution < -0.4 is 9.64 Å². The van der Waals surface area contributed by atoms with Gasteiger partial charge in [0.15, 0.2) is 0 Å². The van der Waals surface area contributed by atoms with Gasteiger partial charge in [-0.05, 0) is 92.6 Å². The molecule has 0 saturated heterocycles. The first-order valence-corrected chi connectivity index (χ1v) is 12.1. The summed E-state index contributed by atoms with van der Waals surface area (Å²) in [5.41, 5.74) is 3.75. The molecule has 0 bridgehead atoms. The number of hydrogen-bond donors (Lipinski definition) is 0. The third-order valence-corrected chi connectivity index (χ3v) is 6.36. The van der Waals surface area contributed by atoms with E-state index in [-0.39, 0.29) is 11.9 Å². The number of benzene rings is 3. The number of nitrogens with zero attached hydrogens (tertiary/aromatic N) is 1. The predicted octanol–water partition coefficient (Wildman–Crippen LogP) is 7.84. The van der Waals surface area contributed by atoms with Crippen LogP contribution in [0.2, 0.25) is 5.02 Å². The molecule has 0 spiro atoms. The topological polar surface area (TPSA) is 29.5 Å². The summed E-state index contributed by atoms with van der Waals surface area (Å²) < 4.78 is 6.02. The van der Waals surface area contributed by atoms with Crippen LogP contribution in [0.25, 0.3) is 0 Å². The second-order valence-electron chi connectivity index (χ2n) is 8.93. The Morgan fingerprint density at radius 2 is 1.82 bits per heavy atom. The Hall–Kier alpha value is -2.78. The molecule has 1 aliphatic carbocycles. The largest absolute Gasteiger partial charge is 0.489 e. The highest BCUT2D eigenvalue weighted by atomic mass is 35.5. The van der Waals surface area contributed by atoms with Crippen LogP contribution in [-0.2, 0) is 6.61 Å². The average Bonchev–Trinajstić information content (AvgIpc) is 2.84. The Labute approximate surface area is 202 Å². The van der Waals surface area contributed by atoms with E-state index < -0.39 is 0 Å². The number of carbonyl (C=O) groups excluding carboxylic acids is 1. The number of ether oxygens (including phenoxy) is 1. The van der Waals surface area contributed by atoms with E-state index in [1.165, 1.54) is 31.2 Å². The number of amides is 1. The fourth-order valence-electron chi connectivity index (χ4n) is 4.44. The van der Waals surface area contributed by atoms with Crippen LogP contribution in [0.3, 0.4) is 0 Å². The summed E-state index contributed by atoms with van der Waals surface area (Å²) in [6, 6.07) is 23.5. The van der Waals surface area contributed by atoms with Gasteiger partial charge in [0, 0.05) is 22.3 Å². The average molecular weight is 461 g/mol. The normalized spacial score (nSPS) is 14.3. The van der Waals surface area contributed by atoms with Crippen LogP contribution in [0, 0.1) is 6.42 Å². The zero-order chi connectivity index (χ0) is 23.2. The van der Waals surface area contributed by atoms with Gasteiger partial charge in [-0.1, -0.05) is 54.8 Å². The molecule has 1 radical (unpaired) electrons. The molecule has 33 heavy (non-hydrogen) atoms. The quantitative estimate of drug-likeness (QED) is 0.359. The molecular formula is C29H31ClNO2. The molecule has 1 unspecified atom stereocenters. The minimum Gasteiger partial charge on any atom is -0.489 e. The first kappa shape index (κ1) is 23.4. The Morgan fingerprint density at radius 3 is 2.52 bits per heavy atom. The number of anilines is 1. The molecule has 1 aliphatic rings. The monoisotopic (exact) mass is 460 g/mol. The number of carbonyl (C=O) groups is 1. The zero-order valence-electron chi connectivity index (χ0n) is 19.3. The molecule has 3 aromatic carbocycles. The third-order valence-electron chi connectivity index (χ3n) is 6.13. The molecule has 0 N–H and O–H groups in total. The zero-order valence-corrected chi connectivity index (χ0v) is 20.1. The molecular weight excluding hydrogens is 430 g/mol. The van der Waals surface area contributed by atoms with Crippen molar-refractivity contribution in [2.75, 3.05) is 4.90 Å². The van der Waals surface area contributed by atoms with Gasteiger partial charge in [-0.25, -0.2) is 0 Å². The van der Waals surface area contributed by atoms with Crippen molar-refractivity contribution in [2.45, 2.75) is 58.1 Å². The summed E-state index contributed by atoms with van der Waals surface area (Å²) in [5.74, 6) is 1.36. The summed E-state index contributed by atoms with van der Waals surface area (Å²) in [6.07, 6.45) is 7.51. The minimum atomic E-state index is -0.0535. The van der Waals surface area contributed by atoms with E-state index in [0.29, 0.717) is 23.1 Å². The highest BCUT2D eigenvalue weighted by molar-refractivity contribution is 6.31. The van der Waals surface area contributed by atoms with Gasteiger partial charge < -0.3 is 9.64 Å².